The summed E-state index contributed by atoms with van der Waals surface area (Å²) in [5.74, 6) is 1.65. The van der Waals surface area contributed by atoms with Gasteiger partial charge < -0.3 is 4.90 Å². The quantitative estimate of drug-likeness (QED) is 0.467. The van der Waals surface area contributed by atoms with Gasteiger partial charge in [-0.15, -0.1) is 0 Å². The van der Waals surface area contributed by atoms with Crippen molar-refractivity contribution in [3.63, 3.8) is 0 Å². The van der Waals surface area contributed by atoms with Crippen molar-refractivity contribution in [3.8, 4) is 0 Å². The van der Waals surface area contributed by atoms with E-state index in [4.69, 9.17) is 0 Å². The van der Waals surface area contributed by atoms with Crippen LogP contribution in [-0.2, 0) is 12.8 Å². The maximum Gasteiger partial charge on any atom is 0.0369 e. The Bertz CT molecular complexity index is 919. The Hall–Kier alpha value is -2.02. The van der Waals surface area contributed by atoms with Gasteiger partial charge in [0, 0.05) is 24.4 Å². The monoisotopic (exact) mass is 427 g/mol. The molecule has 1 spiro atoms. The van der Waals surface area contributed by atoms with Crippen molar-refractivity contribution in [2.24, 2.45) is 11.3 Å². The van der Waals surface area contributed by atoms with Crippen LogP contribution in [0.3, 0.4) is 0 Å². The predicted molar refractivity (Wildman–Crippen MR) is 137 cm³/mol. The summed E-state index contributed by atoms with van der Waals surface area (Å²) in [5.41, 5.74) is 8.01. The molecule has 0 radical (unpaired) electrons. The maximum atomic E-state index is 4.62. The summed E-state index contributed by atoms with van der Waals surface area (Å²) in [6.45, 7) is 9.36. The summed E-state index contributed by atoms with van der Waals surface area (Å²) in [6.07, 6.45) is 14.8. The van der Waals surface area contributed by atoms with Crippen LogP contribution in [-0.4, -0.2) is 18.0 Å². The molecule has 0 N–H and O–H groups in total. The average Bonchev–Trinajstić information content (AvgIpc) is 2.84. The van der Waals surface area contributed by atoms with Gasteiger partial charge in [0.25, 0.3) is 0 Å². The second kappa shape index (κ2) is 9.46. The second-order valence-corrected chi connectivity index (χ2v) is 11.0. The molecule has 1 saturated heterocycles. The number of benzene rings is 2. The van der Waals surface area contributed by atoms with E-state index in [-0.39, 0.29) is 0 Å². The van der Waals surface area contributed by atoms with Crippen molar-refractivity contribution < 1.29 is 0 Å². The van der Waals surface area contributed by atoms with Crippen LogP contribution in [0.15, 0.2) is 55.1 Å². The van der Waals surface area contributed by atoms with Gasteiger partial charge in [-0.1, -0.05) is 74.9 Å². The zero-order valence-corrected chi connectivity index (χ0v) is 20.1. The highest BCUT2D eigenvalue weighted by atomic mass is 15.1. The molecule has 1 nitrogen and oxygen atoms in total. The highest BCUT2D eigenvalue weighted by Gasteiger charge is 2.42. The third kappa shape index (κ3) is 4.41. The normalized spacial score (nSPS) is 24.8. The topological polar surface area (TPSA) is 3.24 Å². The molecule has 2 unspecified atom stereocenters. The summed E-state index contributed by atoms with van der Waals surface area (Å²) in [6, 6.07) is 18.3. The molecule has 1 heteroatoms. The van der Waals surface area contributed by atoms with Crippen molar-refractivity contribution >= 4 is 5.70 Å². The molecule has 1 saturated carbocycles. The van der Waals surface area contributed by atoms with Crippen LogP contribution < -0.4 is 0 Å². The van der Waals surface area contributed by atoms with Gasteiger partial charge in [0.2, 0.25) is 0 Å². The van der Waals surface area contributed by atoms with Crippen LogP contribution in [0.4, 0.5) is 0 Å². The lowest BCUT2D eigenvalue weighted by Crippen LogP contribution is -2.43. The third-order valence-corrected chi connectivity index (χ3v) is 8.90. The van der Waals surface area contributed by atoms with Crippen molar-refractivity contribution in [1.29, 1.82) is 0 Å². The third-order valence-electron chi connectivity index (χ3n) is 8.90. The van der Waals surface area contributed by atoms with E-state index < -0.39 is 0 Å². The first-order chi connectivity index (χ1) is 15.7. The van der Waals surface area contributed by atoms with Gasteiger partial charge in [0.15, 0.2) is 0 Å². The minimum atomic E-state index is 0.533. The Morgan fingerprint density at radius 3 is 2.53 bits per heavy atom. The Morgan fingerprint density at radius 1 is 0.969 bits per heavy atom. The van der Waals surface area contributed by atoms with Crippen molar-refractivity contribution in [2.45, 2.75) is 83.5 Å². The lowest BCUT2D eigenvalue weighted by atomic mass is 9.59. The second-order valence-electron chi connectivity index (χ2n) is 11.0. The molecule has 2 atom stereocenters. The molecule has 170 valence electrons. The van der Waals surface area contributed by atoms with Crippen LogP contribution in [0.1, 0.15) is 92.9 Å². The zero-order chi connectivity index (χ0) is 22.0. The molecular weight excluding hydrogens is 386 g/mol. The molecule has 2 aliphatic carbocycles. The fraction of sp³-hybridized carbons (Fsp3) is 0.548. The molecule has 2 fully saturated rings. The van der Waals surface area contributed by atoms with Crippen LogP contribution in [0.2, 0.25) is 0 Å². The first kappa shape index (κ1) is 21.8. The van der Waals surface area contributed by atoms with Crippen LogP contribution in [0.5, 0.6) is 0 Å². The van der Waals surface area contributed by atoms with E-state index in [1.807, 2.05) is 0 Å². The molecule has 0 bridgehead atoms. The van der Waals surface area contributed by atoms with Gasteiger partial charge >= 0.3 is 0 Å². The number of likely N-dealkylation sites (tertiary alicyclic amines) is 1. The molecule has 2 aromatic carbocycles. The first-order valence-corrected chi connectivity index (χ1v) is 13.3. The Morgan fingerprint density at radius 2 is 1.75 bits per heavy atom. The number of hydrogen-bond acceptors (Lipinski definition) is 1. The largest absolute Gasteiger partial charge is 0.371 e. The number of fused-ring (bicyclic) bond motifs is 1. The van der Waals surface area contributed by atoms with Gasteiger partial charge in [-0.25, -0.2) is 0 Å². The first-order valence-electron chi connectivity index (χ1n) is 13.3. The summed E-state index contributed by atoms with van der Waals surface area (Å²) >= 11 is 0. The Labute approximate surface area is 195 Å². The fourth-order valence-electron chi connectivity index (χ4n) is 7.28. The van der Waals surface area contributed by atoms with E-state index in [2.05, 4.69) is 66.9 Å². The van der Waals surface area contributed by atoms with Crippen LogP contribution in [0, 0.1) is 11.3 Å². The van der Waals surface area contributed by atoms with Gasteiger partial charge in [0.05, 0.1) is 0 Å². The average molecular weight is 428 g/mol. The van der Waals surface area contributed by atoms with E-state index in [0.717, 1.165) is 11.8 Å². The molecule has 0 amide bonds. The molecule has 0 aromatic heterocycles. The van der Waals surface area contributed by atoms with E-state index in [1.54, 1.807) is 16.7 Å². The molecular formula is C31H41N. The van der Waals surface area contributed by atoms with Crippen LogP contribution in [0.25, 0.3) is 5.70 Å². The summed E-state index contributed by atoms with van der Waals surface area (Å²) < 4.78 is 0. The van der Waals surface area contributed by atoms with Crippen molar-refractivity contribution in [1.82, 2.24) is 4.90 Å². The SMILES string of the molecule is C=C(c1cccc2c1CCCC2)N1CCC2(CC1)CC(CCC)CC(c1ccccc1)C2. The minimum Gasteiger partial charge on any atom is -0.371 e. The molecule has 32 heavy (non-hydrogen) atoms. The maximum absolute atomic E-state index is 4.62. The Kier molecular flexibility index (Phi) is 6.44. The highest BCUT2D eigenvalue weighted by Crippen LogP contribution is 2.53. The van der Waals surface area contributed by atoms with Crippen molar-refractivity contribution in [3.05, 3.63) is 77.4 Å². The van der Waals surface area contributed by atoms with Crippen LogP contribution >= 0.6 is 0 Å². The minimum absolute atomic E-state index is 0.533. The number of piperidine rings is 1. The highest BCUT2D eigenvalue weighted by molar-refractivity contribution is 5.66. The summed E-state index contributed by atoms with van der Waals surface area (Å²) in [5, 5.41) is 0. The lowest BCUT2D eigenvalue weighted by Gasteiger charge is -2.50. The smallest absolute Gasteiger partial charge is 0.0369 e. The molecule has 2 aromatic rings. The fourth-order valence-corrected chi connectivity index (χ4v) is 7.28. The van der Waals surface area contributed by atoms with E-state index in [1.165, 1.54) is 95.0 Å². The lowest BCUT2D eigenvalue weighted by molar-refractivity contribution is 0.0510. The standard InChI is InChI=1S/C31H41N/c1-3-10-25-21-28(26-11-5-4-6-12-26)23-31(22-25)17-19-32(20-18-31)24(2)29-16-9-14-27-13-7-8-15-30(27)29/h4-6,9,11-12,14,16,25,28H,2-3,7-8,10,13,15,17-23H2,1H3. The van der Waals surface area contributed by atoms with Gasteiger partial charge in [-0.3, -0.25) is 0 Å². The summed E-state index contributed by atoms with van der Waals surface area (Å²) in [7, 11) is 0. The molecule has 1 aliphatic heterocycles. The number of rotatable bonds is 5. The van der Waals surface area contributed by atoms with E-state index in [9.17, 15) is 0 Å². The van der Waals surface area contributed by atoms with E-state index >= 15 is 0 Å². The van der Waals surface area contributed by atoms with Crippen molar-refractivity contribution in [2.75, 3.05) is 13.1 Å². The molecule has 3 aliphatic rings. The zero-order valence-electron chi connectivity index (χ0n) is 20.1. The Balaban J connectivity index is 1.31. The van der Waals surface area contributed by atoms with E-state index in [0.29, 0.717) is 5.41 Å². The molecule has 5 rings (SSSR count). The number of aryl methyl sites for hydroxylation is 1. The number of hydrogen-bond donors (Lipinski definition) is 0. The van der Waals surface area contributed by atoms with Gasteiger partial charge in [0.1, 0.15) is 0 Å². The van der Waals surface area contributed by atoms with Gasteiger partial charge in [-0.2, -0.15) is 0 Å². The predicted octanol–water partition coefficient (Wildman–Crippen LogP) is 8.00. The van der Waals surface area contributed by atoms with Gasteiger partial charge in [-0.05, 0) is 91.7 Å². The number of nitrogens with zero attached hydrogens (tertiary/aromatic N) is 1. The molecule has 1 heterocycles. The summed E-state index contributed by atoms with van der Waals surface area (Å²) in [4.78, 5) is 2.62.